The highest BCUT2D eigenvalue weighted by molar-refractivity contribution is 9.10. The fourth-order valence-corrected chi connectivity index (χ4v) is 2.84. The minimum Gasteiger partial charge on any atom is -0.289 e. The zero-order valence-corrected chi connectivity index (χ0v) is 12.9. The molecule has 0 amide bonds. The van der Waals surface area contributed by atoms with Crippen molar-refractivity contribution in [2.45, 2.75) is 0 Å². The lowest BCUT2D eigenvalue weighted by atomic mass is 9.94. The van der Waals surface area contributed by atoms with Crippen molar-refractivity contribution in [3.05, 3.63) is 94.5 Å². The van der Waals surface area contributed by atoms with E-state index in [0.29, 0.717) is 5.56 Å². The van der Waals surface area contributed by atoms with Crippen LogP contribution in [0.2, 0.25) is 0 Å². The number of rotatable bonds is 3. The van der Waals surface area contributed by atoms with E-state index in [9.17, 15) is 4.79 Å². The molecule has 0 aliphatic carbocycles. The molecule has 0 saturated carbocycles. The van der Waals surface area contributed by atoms with E-state index in [2.05, 4.69) is 15.9 Å². The average Bonchev–Trinajstić information content (AvgIpc) is 2.55. The van der Waals surface area contributed by atoms with Gasteiger partial charge in [0, 0.05) is 15.6 Å². The van der Waals surface area contributed by atoms with Crippen molar-refractivity contribution in [2.24, 2.45) is 0 Å². The Morgan fingerprint density at radius 2 is 1.24 bits per heavy atom. The molecule has 0 radical (unpaired) electrons. The summed E-state index contributed by atoms with van der Waals surface area (Å²) in [4.78, 5) is 12.7. The average molecular weight is 337 g/mol. The van der Waals surface area contributed by atoms with Crippen molar-refractivity contribution in [2.75, 3.05) is 0 Å². The zero-order valence-electron chi connectivity index (χ0n) is 11.3. The second kappa shape index (κ2) is 6.06. The first-order valence-corrected chi connectivity index (χ1v) is 7.50. The molecule has 0 atom stereocenters. The topological polar surface area (TPSA) is 17.1 Å². The Labute approximate surface area is 132 Å². The molecule has 0 fully saturated rings. The third-order valence-electron chi connectivity index (χ3n) is 3.37. The van der Waals surface area contributed by atoms with E-state index in [-0.39, 0.29) is 5.78 Å². The van der Waals surface area contributed by atoms with Gasteiger partial charge in [-0.25, -0.2) is 0 Å². The van der Waals surface area contributed by atoms with Crippen molar-refractivity contribution >= 4 is 21.7 Å². The zero-order chi connectivity index (χ0) is 14.7. The van der Waals surface area contributed by atoms with Crippen LogP contribution >= 0.6 is 15.9 Å². The predicted octanol–water partition coefficient (Wildman–Crippen LogP) is 5.35. The van der Waals surface area contributed by atoms with Crippen LogP contribution in [0.4, 0.5) is 0 Å². The Bertz CT molecular complexity index is 778. The molecule has 0 aromatic heterocycles. The van der Waals surface area contributed by atoms with Crippen molar-refractivity contribution in [1.82, 2.24) is 0 Å². The number of ketones is 1. The van der Waals surface area contributed by atoms with Gasteiger partial charge in [-0.05, 0) is 17.2 Å². The summed E-state index contributed by atoms with van der Waals surface area (Å²) in [7, 11) is 0. The van der Waals surface area contributed by atoms with E-state index in [1.54, 1.807) is 0 Å². The van der Waals surface area contributed by atoms with Gasteiger partial charge in [0.05, 0.1) is 0 Å². The molecule has 0 heterocycles. The van der Waals surface area contributed by atoms with E-state index in [4.69, 9.17) is 0 Å². The van der Waals surface area contributed by atoms with Crippen LogP contribution in [0.1, 0.15) is 15.9 Å². The van der Waals surface area contributed by atoms with E-state index in [1.165, 1.54) is 0 Å². The van der Waals surface area contributed by atoms with Crippen LogP contribution in [0.3, 0.4) is 0 Å². The first-order valence-electron chi connectivity index (χ1n) is 6.71. The van der Waals surface area contributed by atoms with Crippen LogP contribution in [0.5, 0.6) is 0 Å². The van der Waals surface area contributed by atoms with Gasteiger partial charge in [-0.2, -0.15) is 0 Å². The second-order valence-electron chi connectivity index (χ2n) is 4.72. The van der Waals surface area contributed by atoms with Gasteiger partial charge in [-0.15, -0.1) is 0 Å². The first-order chi connectivity index (χ1) is 10.3. The van der Waals surface area contributed by atoms with E-state index in [1.807, 2.05) is 78.9 Å². The molecule has 0 bridgehead atoms. The maximum absolute atomic E-state index is 12.7. The summed E-state index contributed by atoms with van der Waals surface area (Å²) in [5, 5.41) is 0. The van der Waals surface area contributed by atoms with Gasteiger partial charge < -0.3 is 0 Å². The highest BCUT2D eigenvalue weighted by atomic mass is 79.9. The Balaban J connectivity index is 2.13. The van der Waals surface area contributed by atoms with Crippen LogP contribution in [0.25, 0.3) is 11.1 Å². The quantitative estimate of drug-likeness (QED) is 0.589. The van der Waals surface area contributed by atoms with Gasteiger partial charge in [-0.3, -0.25) is 4.79 Å². The summed E-state index contributed by atoms with van der Waals surface area (Å²) in [6, 6.07) is 25.0. The summed E-state index contributed by atoms with van der Waals surface area (Å²) in [6.45, 7) is 0. The van der Waals surface area contributed by atoms with E-state index in [0.717, 1.165) is 21.2 Å². The second-order valence-corrected chi connectivity index (χ2v) is 5.57. The molecular formula is C19H13BrO. The maximum atomic E-state index is 12.7. The van der Waals surface area contributed by atoms with Gasteiger partial charge in [0.15, 0.2) is 5.78 Å². The molecule has 3 aromatic carbocycles. The van der Waals surface area contributed by atoms with E-state index >= 15 is 0 Å². The lowest BCUT2D eigenvalue weighted by Crippen LogP contribution is -2.03. The van der Waals surface area contributed by atoms with Crippen LogP contribution in [0, 0.1) is 0 Å². The minimum atomic E-state index is 0.0435. The molecule has 0 aliphatic heterocycles. The molecule has 3 aromatic rings. The Morgan fingerprint density at radius 3 is 1.95 bits per heavy atom. The molecular weight excluding hydrogens is 324 g/mol. The van der Waals surface area contributed by atoms with Crippen LogP contribution in [-0.4, -0.2) is 5.78 Å². The minimum absolute atomic E-state index is 0.0435. The summed E-state index contributed by atoms with van der Waals surface area (Å²) < 4.78 is 0.985. The Kier molecular flexibility index (Phi) is 3.98. The summed E-state index contributed by atoms with van der Waals surface area (Å²) in [5.74, 6) is 0.0435. The van der Waals surface area contributed by atoms with Gasteiger partial charge in [0.2, 0.25) is 0 Å². The third kappa shape index (κ3) is 2.81. The maximum Gasteiger partial charge on any atom is 0.193 e. The van der Waals surface area contributed by atoms with E-state index < -0.39 is 0 Å². The largest absolute Gasteiger partial charge is 0.289 e. The number of halogens is 1. The fourth-order valence-electron chi connectivity index (χ4n) is 2.34. The molecule has 0 spiro atoms. The highest BCUT2D eigenvalue weighted by Crippen LogP contribution is 2.31. The van der Waals surface area contributed by atoms with Crippen LogP contribution < -0.4 is 0 Å². The standard InChI is InChI=1S/C19H13BrO/c20-18-13-7-6-11-16(18)15-10-4-5-12-17(15)19(21)14-8-2-1-3-9-14/h1-13H. The molecule has 0 N–H and O–H groups in total. The third-order valence-corrected chi connectivity index (χ3v) is 4.06. The number of carbonyl (C=O) groups excluding carboxylic acids is 1. The predicted molar refractivity (Wildman–Crippen MR) is 89.5 cm³/mol. The van der Waals surface area contributed by atoms with Crippen molar-refractivity contribution in [3.8, 4) is 11.1 Å². The smallest absolute Gasteiger partial charge is 0.193 e. The molecule has 102 valence electrons. The molecule has 1 nitrogen and oxygen atoms in total. The highest BCUT2D eigenvalue weighted by Gasteiger charge is 2.15. The molecule has 0 saturated heterocycles. The van der Waals surface area contributed by atoms with Crippen molar-refractivity contribution in [1.29, 1.82) is 0 Å². The van der Waals surface area contributed by atoms with Gasteiger partial charge in [0.25, 0.3) is 0 Å². The fraction of sp³-hybridized carbons (Fsp3) is 0. The lowest BCUT2D eigenvalue weighted by molar-refractivity contribution is 0.103. The molecule has 21 heavy (non-hydrogen) atoms. The number of hydrogen-bond donors (Lipinski definition) is 0. The summed E-state index contributed by atoms with van der Waals surface area (Å²) >= 11 is 3.56. The van der Waals surface area contributed by atoms with Crippen LogP contribution in [-0.2, 0) is 0 Å². The number of benzene rings is 3. The summed E-state index contributed by atoms with van der Waals surface area (Å²) in [6.07, 6.45) is 0. The monoisotopic (exact) mass is 336 g/mol. The summed E-state index contributed by atoms with van der Waals surface area (Å²) in [5.41, 5.74) is 3.39. The molecule has 2 heteroatoms. The first kappa shape index (κ1) is 13.8. The molecule has 3 rings (SSSR count). The van der Waals surface area contributed by atoms with Gasteiger partial charge >= 0.3 is 0 Å². The molecule has 0 unspecified atom stereocenters. The van der Waals surface area contributed by atoms with Crippen molar-refractivity contribution in [3.63, 3.8) is 0 Å². The Hall–Kier alpha value is -2.19. The Morgan fingerprint density at radius 1 is 0.667 bits per heavy atom. The SMILES string of the molecule is O=C(c1ccccc1)c1ccccc1-c1ccccc1Br. The molecule has 0 aliphatic rings. The number of carbonyl (C=O) groups is 1. The normalized spacial score (nSPS) is 10.3. The lowest BCUT2D eigenvalue weighted by Gasteiger charge is -2.10. The van der Waals surface area contributed by atoms with Gasteiger partial charge in [0.1, 0.15) is 0 Å². The number of hydrogen-bond acceptors (Lipinski definition) is 1. The van der Waals surface area contributed by atoms with Crippen LogP contribution in [0.15, 0.2) is 83.3 Å². The van der Waals surface area contributed by atoms with Gasteiger partial charge in [-0.1, -0.05) is 88.7 Å². The van der Waals surface area contributed by atoms with Crippen molar-refractivity contribution < 1.29 is 4.79 Å².